The van der Waals surface area contributed by atoms with Gasteiger partial charge in [0.2, 0.25) is 5.91 Å². The Labute approximate surface area is 205 Å². The third kappa shape index (κ3) is 3.97. The number of pyridine rings is 2. The standard InChI is InChI=1S/C28H32N6O/c29-21-15-24(31-23-11-12-30-22-4-2-1-3-20(22)23)26(18-7-8-18)32-27(21)33-13-14-34(28(35)19-9-10-19)25(16-33)17-5-6-17/h1-4,11-12,15,17-19,25H,5-10,13-14,16,29H2,(H,30,31)/t25-/m0/s1. The highest BCUT2D eigenvalue weighted by Crippen LogP contribution is 2.46. The number of hydrogen-bond donors (Lipinski definition) is 2. The van der Waals surface area contributed by atoms with Gasteiger partial charge < -0.3 is 20.9 Å². The number of nitrogens with zero attached hydrogens (tertiary/aromatic N) is 4. The third-order valence-electron chi connectivity index (χ3n) is 8.04. The lowest BCUT2D eigenvalue weighted by Crippen LogP contribution is -2.57. The summed E-state index contributed by atoms with van der Waals surface area (Å²) in [5.74, 6) is 2.65. The van der Waals surface area contributed by atoms with E-state index in [9.17, 15) is 4.79 Å². The molecule has 7 heteroatoms. The van der Waals surface area contributed by atoms with Crippen molar-refractivity contribution < 1.29 is 4.79 Å². The fourth-order valence-corrected chi connectivity index (χ4v) is 5.63. The van der Waals surface area contributed by atoms with Crippen molar-refractivity contribution in [3.63, 3.8) is 0 Å². The molecule has 3 heterocycles. The Morgan fingerprint density at radius 2 is 1.83 bits per heavy atom. The molecule has 0 spiro atoms. The molecule has 1 aromatic carbocycles. The van der Waals surface area contributed by atoms with Crippen LogP contribution < -0.4 is 16.0 Å². The van der Waals surface area contributed by atoms with Crippen molar-refractivity contribution in [3.05, 3.63) is 48.3 Å². The van der Waals surface area contributed by atoms with E-state index in [1.165, 1.54) is 12.8 Å². The molecule has 35 heavy (non-hydrogen) atoms. The van der Waals surface area contributed by atoms with Gasteiger partial charge in [-0.3, -0.25) is 9.78 Å². The van der Waals surface area contributed by atoms with E-state index < -0.39 is 0 Å². The normalized spacial score (nSPS) is 22.5. The maximum atomic E-state index is 12.9. The minimum Gasteiger partial charge on any atom is -0.396 e. The van der Waals surface area contributed by atoms with Gasteiger partial charge in [-0.2, -0.15) is 0 Å². The zero-order valence-corrected chi connectivity index (χ0v) is 20.0. The first-order valence-corrected chi connectivity index (χ1v) is 13.1. The number of nitrogens with two attached hydrogens (primary N) is 1. The van der Waals surface area contributed by atoms with E-state index in [1.807, 2.05) is 30.5 Å². The number of piperazine rings is 1. The minimum absolute atomic E-state index is 0.280. The highest BCUT2D eigenvalue weighted by molar-refractivity contribution is 5.93. The second kappa shape index (κ2) is 8.11. The molecule has 0 unspecified atom stereocenters. The van der Waals surface area contributed by atoms with Crippen molar-refractivity contribution in [3.8, 4) is 0 Å². The number of aromatic nitrogens is 2. The molecule has 3 aliphatic carbocycles. The van der Waals surface area contributed by atoms with Crippen LogP contribution >= 0.6 is 0 Å². The summed E-state index contributed by atoms with van der Waals surface area (Å²) in [7, 11) is 0. The number of carbonyl (C=O) groups is 1. The average molecular weight is 469 g/mol. The second-order valence-corrected chi connectivity index (χ2v) is 10.8. The van der Waals surface area contributed by atoms with Gasteiger partial charge in [0.25, 0.3) is 0 Å². The first-order chi connectivity index (χ1) is 17.2. The Bertz CT molecular complexity index is 1290. The molecule has 1 aliphatic heterocycles. The largest absolute Gasteiger partial charge is 0.396 e. The number of benzene rings is 1. The van der Waals surface area contributed by atoms with E-state index in [2.05, 4.69) is 32.2 Å². The lowest BCUT2D eigenvalue weighted by Gasteiger charge is -2.43. The number of rotatable bonds is 6. The van der Waals surface area contributed by atoms with Crippen LogP contribution in [0.3, 0.4) is 0 Å². The lowest BCUT2D eigenvalue weighted by molar-refractivity contribution is -0.135. The Hall–Kier alpha value is -3.35. The molecule has 3 N–H and O–H groups in total. The van der Waals surface area contributed by atoms with Gasteiger partial charge >= 0.3 is 0 Å². The van der Waals surface area contributed by atoms with Crippen LogP contribution in [0.4, 0.5) is 22.9 Å². The zero-order chi connectivity index (χ0) is 23.5. The Morgan fingerprint density at radius 1 is 1.00 bits per heavy atom. The Morgan fingerprint density at radius 3 is 2.60 bits per heavy atom. The van der Waals surface area contributed by atoms with Crippen molar-refractivity contribution in [1.82, 2.24) is 14.9 Å². The van der Waals surface area contributed by atoms with Crippen molar-refractivity contribution in [2.45, 2.75) is 50.5 Å². The molecular weight excluding hydrogens is 436 g/mol. The Balaban J connectivity index is 1.19. The number of para-hydroxylation sites is 1. The van der Waals surface area contributed by atoms with E-state index in [0.29, 0.717) is 29.5 Å². The second-order valence-electron chi connectivity index (χ2n) is 10.8. The van der Waals surface area contributed by atoms with Crippen LogP contribution in [0.25, 0.3) is 10.9 Å². The summed E-state index contributed by atoms with van der Waals surface area (Å²) in [6.07, 6.45) is 8.76. The van der Waals surface area contributed by atoms with Crippen molar-refractivity contribution in [2.24, 2.45) is 11.8 Å². The summed E-state index contributed by atoms with van der Waals surface area (Å²) in [5, 5.41) is 4.72. The third-order valence-corrected chi connectivity index (χ3v) is 8.04. The molecule has 180 valence electrons. The topological polar surface area (TPSA) is 87.4 Å². The number of carbonyl (C=O) groups excluding carboxylic acids is 1. The van der Waals surface area contributed by atoms with Crippen molar-refractivity contribution in [1.29, 1.82) is 0 Å². The van der Waals surface area contributed by atoms with Crippen LogP contribution in [0.5, 0.6) is 0 Å². The predicted molar refractivity (Wildman–Crippen MR) is 139 cm³/mol. The highest BCUT2D eigenvalue weighted by Gasteiger charge is 2.45. The van der Waals surface area contributed by atoms with Crippen LogP contribution in [-0.2, 0) is 4.79 Å². The molecule has 3 saturated carbocycles. The fourth-order valence-electron chi connectivity index (χ4n) is 5.63. The molecule has 1 amide bonds. The first-order valence-electron chi connectivity index (χ1n) is 13.1. The monoisotopic (exact) mass is 468 g/mol. The lowest BCUT2D eigenvalue weighted by atomic mass is 10.1. The van der Waals surface area contributed by atoms with E-state index in [4.69, 9.17) is 10.7 Å². The number of anilines is 4. The number of hydrogen-bond acceptors (Lipinski definition) is 6. The van der Waals surface area contributed by atoms with Crippen LogP contribution in [-0.4, -0.2) is 46.5 Å². The molecule has 7 rings (SSSR count). The van der Waals surface area contributed by atoms with Crippen LogP contribution in [0.15, 0.2) is 42.6 Å². The molecule has 0 radical (unpaired) electrons. The number of nitrogens with one attached hydrogen (secondary N) is 1. The summed E-state index contributed by atoms with van der Waals surface area (Å²) in [6.45, 7) is 2.41. The molecule has 0 bridgehead atoms. The van der Waals surface area contributed by atoms with E-state index in [-0.39, 0.29) is 5.92 Å². The van der Waals surface area contributed by atoms with Gasteiger partial charge in [-0.05, 0) is 62.6 Å². The van der Waals surface area contributed by atoms with Crippen molar-refractivity contribution in [2.75, 3.05) is 35.6 Å². The molecular formula is C28H32N6O. The van der Waals surface area contributed by atoms with Gasteiger partial charge in [-0.15, -0.1) is 0 Å². The summed E-state index contributed by atoms with van der Waals surface area (Å²) >= 11 is 0. The number of amides is 1. The smallest absolute Gasteiger partial charge is 0.226 e. The van der Waals surface area contributed by atoms with Gasteiger partial charge in [0.05, 0.1) is 28.6 Å². The Kier molecular flexibility index (Phi) is 4.86. The summed E-state index contributed by atoms with van der Waals surface area (Å²) in [6, 6.07) is 12.5. The maximum absolute atomic E-state index is 12.9. The fraction of sp³-hybridized carbons (Fsp3) is 0.464. The maximum Gasteiger partial charge on any atom is 0.226 e. The first kappa shape index (κ1) is 21.0. The molecule has 7 nitrogen and oxygen atoms in total. The average Bonchev–Trinajstić information content (AvgIpc) is 3.71. The minimum atomic E-state index is 0.280. The van der Waals surface area contributed by atoms with Crippen molar-refractivity contribution >= 4 is 39.7 Å². The molecule has 1 atom stereocenters. The summed E-state index contributed by atoms with van der Waals surface area (Å²) < 4.78 is 0. The van der Waals surface area contributed by atoms with E-state index in [1.54, 1.807) is 0 Å². The van der Waals surface area contributed by atoms with E-state index in [0.717, 1.165) is 79.1 Å². The quantitative estimate of drug-likeness (QED) is 0.547. The summed E-state index contributed by atoms with van der Waals surface area (Å²) in [5.41, 5.74) is 11.4. The van der Waals surface area contributed by atoms with Crippen LogP contribution in [0, 0.1) is 11.8 Å². The number of nitrogen functional groups attached to an aromatic ring is 1. The predicted octanol–water partition coefficient (Wildman–Crippen LogP) is 4.67. The van der Waals surface area contributed by atoms with Crippen LogP contribution in [0.2, 0.25) is 0 Å². The van der Waals surface area contributed by atoms with Gasteiger partial charge in [-0.25, -0.2) is 4.98 Å². The SMILES string of the molecule is Nc1cc(Nc2ccnc3ccccc23)c(C2CC2)nc1N1CCN(C(=O)C2CC2)[C@H](C2CC2)C1. The van der Waals surface area contributed by atoms with Crippen LogP contribution in [0.1, 0.15) is 50.1 Å². The molecule has 1 saturated heterocycles. The van der Waals surface area contributed by atoms with Gasteiger partial charge in [-0.1, -0.05) is 18.2 Å². The number of fused-ring (bicyclic) bond motifs is 1. The molecule has 4 fully saturated rings. The molecule has 3 aromatic rings. The van der Waals surface area contributed by atoms with Gasteiger partial charge in [0.15, 0.2) is 5.82 Å². The zero-order valence-electron chi connectivity index (χ0n) is 20.0. The van der Waals surface area contributed by atoms with E-state index >= 15 is 0 Å². The van der Waals surface area contributed by atoms with Gasteiger partial charge in [0, 0.05) is 48.7 Å². The molecule has 4 aliphatic rings. The highest BCUT2D eigenvalue weighted by atomic mass is 16.2. The van der Waals surface area contributed by atoms with Gasteiger partial charge in [0.1, 0.15) is 0 Å². The summed E-state index contributed by atoms with van der Waals surface area (Å²) in [4.78, 5) is 27.1. The molecule has 2 aromatic heterocycles.